The van der Waals surface area contributed by atoms with Crippen LogP contribution in [0.4, 0.5) is 5.69 Å². The molecule has 1 unspecified atom stereocenters. The van der Waals surface area contributed by atoms with Crippen LogP contribution in [0.3, 0.4) is 0 Å². The molecule has 0 N–H and O–H groups in total. The molecular formula is C28H26N2O2. The second-order valence-corrected chi connectivity index (χ2v) is 10.2. The fraction of sp³-hybridized carbons (Fsp3) is 0.393. The Morgan fingerprint density at radius 2 is 1.59 bits per heavy atom. The first-order valence-corrected chi connectivity index (χ1v) is 12.1. The van der Waals surface area contributed by atoms with Gasteiger partial charge in [0, 0.05) is 36.2 Å². The van der Waals surface area contributed by atoms with Gasteiger partial charge in [-0.3, -0.25) is 4.98 Å². The molecule has 0 radical (unpaired) electrons. The van der Waals surface area contributed by atoms with Gasteiger partial charge in [-0.2, -0.15) is 0 Å². The summed E-state index contributed by atoms with van der Waals surface area (Å²) in [6.07, 6.45) is 9.86. The highest BCUT2D eigenvalue weighted by Gasteiger charge is 2.71. The molecule has 5 aliphatic rings. The van der Waals surface area contributed by atoms with E-state index < -0.39 is 0 Å². The van der Waals surface area contributed by atoms with Crippen LogP contribution in [0.5, 0.6) is 11.5 Å². The Kier molecular flexibility index (Phi) is 3.21. The third-order valence-electron chi connectivity index (χ3n) is 8.51. The minimum atomic E-state index is -0.231. The van der Waals surface area contributed by atoms with Crippen LogP contribution in [0.15, 0.2) is 66.0 Å². The van der Waals surface area contributed by atoms with Crippen LogP contribution in [0.1, 0.15) is 56.4 Å². The van der Waals surface area contributed by atoms with Crippen molar-refractivity contribution in [1.82, 2.24) is 4.98 Å². The summed E-state index contributed by atoms with van der Waals surface area (Å²) in [7, 11) is 0. The van der Waals surface area contributed by atoms with Gasteiger partial charge in [-0.25, -0.2) is 0 Å². The van der Waals surface area contributed by atoms with E-state index in [2.05, 4.69) is 52.3 Å². The zero-order chi connectivity index (χ0) is 20.9. The molecule has 1 aromatic heterocycles. The second-order valence-electron chi connectivity index (χ2n) is 10.2. The first-order chi connectivity index (χ1) is 15.8. The van der Waals surface area contributed by atoms with E-state index in [1.165, 1.54) is 30.5 Å². The van der Waals surface area contributed by atoms with Crippen LogP contribution in [-0.4, -0.2) is 22.7 Å². The molecular weight excluding hydrogens is 396 g/mol. The van der Waals surface area contributed by atoms with Crippen molar-refractivity contribution >= 4 is 16.6 Å². The van der Waals surface area contributed by atoms with E-state index in [0.29, 0.717) is 5.92 Å². The number of anilines is 1. The molecule has 0 amide bonds. The molecule has 2 aromatic carbocycles. The lowest BCUT2D eigenvalue weighted by atomic mass is 9.69. The topological polar surface area (TPSA) is 34.6 Å². The lowest BCUT2D eigenvalue weighted by Crippen LogP contribution is -2.44. The molecule has 32 heavy (non-hydrogen) atoms. The highest BCUT2D eigenvalue weighted by Crippen LogP contribution is 2.63. The van der Waals surface area contributed by atoms with Crippen LogP contribution in [0, 0.1) is 0 Å². The standard InChI is InChI=1S/C28H26N2O2/c1-4-18-5-3-16-29-25(18)23(7-1)31-27(12-13-27)28(14-15-28)32-24-8-2-6-21-19-9-10-20(19)22-11-17-30(22)26(21)24/h1-8,16,19H,9-15,17H2. The summed E-state index contributed by atoms with van der Waals surface area (Å²) in [4.78, 5) is 7.14. The molecule has 160 valence electrons. The highest BCUT2D eigenvalue weighted by molar-refractivity contribution is 5.84. The number of pyridine rings is 1. The molecule has 2 aliphatic heterocycles. The minimum Gasteiger partial charge on any atom is -0.481 e. The van der Waals surface area contributed by atoms with Gasteiger partial charge in [-0.15, -0.1) is 0 Å². The summed E-state index contributed by atoms with van der Waals surface area (Å²) in [5.41, 5.74) is 6.59. The molecule has 8 rings (SSSR count). The first kappa shape index (κ1) is 17.5. The van der Waals surface area contributed by atoms with Crippen LogP contribution in [0.25, 0.3) is 10.9 Å². The van der Waals surface area contributed by atoms with Gasteiger partial charge in [-0.1, -0.05) is 30.3 Å². The maximum absolute atomic E-state index is 6.97. The number of benzene rings is 2. The summed E-state index contributed by atoms with van der Waals surface area (Å²) in [5, 5.41) is 1.12. The van der Waals surface area contributed by atoms with Crippen molar-refractivity contribution < 1.29 is 9.47 Å². The lowest BCUT2D eigenvalue weighted by Gasteiger charge is -2.50. The quantitative estimate of drug-likeness (QED) is 0.497. The highest BCUT2D eigenvalue weighted by atomic mass is 16.6. The molecule has 1 atom stereocenters. The number of hydrogen-bond acceptors (Lipinski definition) is 4. The maximum Gasteiger partial charge on any atom is 0.149 e. The predicted octanol–water partition coefficient (Wildman–Crippen LogP) is 6.11. The van der Waals surface area contributed by atoms with Crippen molar-refractivity contribution in [3.8, 4) is 11.5 Å². The number of hydrogen-bond donors (Lipinski definition) is 0. The van der Waals surface area contributed by atoms with Crippen molar-refractivity contribution in [1.29, 1.82) is 0 Å². The normalized spacial score (nSPS) is 25.1. The number of allylic oxidation sites excluding steroid dienone is 1. The fourth-order valence-corrected chi connectivity index (χ4v) is 6.34. The summed E-state index contributed by atoms with van der Waals surface area (Å²) in [6.45, 7) is 1.12. The second kappa shape index (κ2) is 5.86. The first-order valence-electron chi connectivity index (χ1n) is 12.1. The van der Waals surface area contributed by atoms with Crippen molar-refractivity contribution in [2.24, 2.45) is 0 Å². The number of rotatable bonds is 5. The Balaban J connectivity index is 1.15. The van der Waals surface area contributed by atoms with Gasteiger partial charge >= 0.3 is 0 Å². The maximum atomic E-state index is 6.97. The lowest BCUT2D eigenvalue weighted by molar-refractivity contribution is 0.0162. The van der Waals surface area contributed by atoms with Gasteiger partial charge < -0.3 is 14.4 Å². The van der Waals surface area contributed by atoms with Gasteiger partial charge in [0.2, 0.25) is 0 Å². The zero-order valence-electron chi connectivity index (χ0n) is 18.1. The van der Waals surface area contributed by atoms with E-state index in [4.69, 9.17) is 9.47 Å². The summed E-state index contributed by atoms with van der Waals surface area (Å²) in [5.74, 6) is 2.58. The molecule has 0 spiro atoms. The number of fused-ring (bicyclic) bond motifs is 6. The van der Waals surface area contributed by atoms with E-state index in [1.807, 2.05) is 12.3 Å². The number of aromatic nitrogens is 1. The molecule has 4 heteroatoms. The SMILES string of the molecule is c1cc(OC2(C3(Oc4cccc5cccnc45)CC3)CC2)c2c(c1)C1CCC1=C1CCN12. The van der Waals surface area contributed by atoms with E-state index in [1.54, 1.807) is 11.3 Å². The Labute approximate surface area is 187 Å². The average molecular weight is 423 g/mol. The van der Waals surface area contributed by atoms with Gasteiger partial charge in [0.05, 0.1) is 5.69 Å². The number of para-hydroxylation sites is 2. The van der Waals surface area contributed by atoms with Crippen LogP contribution < -0.4 is 14.4 Å². The number of ether oxygens (including phenoxy) is 2. The molecule has 0 bridgehead atoms. The summed E-state index contributed by atoms with van der Waals surface area (Å²) in [6, 6.07) is 17.0. The van der Waals surface area contributed by atoms with Gasteiger partial charge in [0.15, 0.2) is 0 Å². The minimum absolute atomic E-state index is 0.215. The molecule has 3 aromatic rings. The van der Waals surface area contributed by atoms with Gasteiger partial charge in [-0.05, 0) is 67.9 Å². The largest absolute Gasteiger partial charge is 0.481 e. The molecule has 3 saturated carbocycles. The monoisotopic (exact) mass is 422 g/mol. The van der Waals surface area contributed by atoms with E-state index in [-0.39, 0.29) is 11.2 Å². The van der Waals surface area contributed by atoms with Crippen molar-refractivity contribution in [3.05, 3.63) is 71.6 Å². The molecule has 3 aliphatic carbocycles. The third kappa shape index (κ3) is 2.20. The third-order valence-corrected chi connectivity index (χ3v) is 8.51. The van der Waals surface area contributed by atoms with Crippen molar-refractivity contribution in [3.63, 3.8) is 0 Å². The van der Waals surface area contributed by atoms with Crippen molar-refractivity contribution in [2.75, 3.05) is 11.4 Å². The van der Waals surface area contributed by atoms with Crippen LogP contribution >= 0.6 is 0 Å². The summed E-state index contributed by atoms with van der Waals surface area (Å²) < 4.78 is 13.7. The Bertz CT molecular complexity index is 1310. The predicted molar refractivity (Wildman–Crippen MR) is 124 cm³/mol. The van der Waals surface area contributed by atoms with Gasteiger partial charge in [0.25, 0.3) is 0 Å². The summed E-state index contributed by atoms with van der Waals surface area (Å²) >= 11 is 0. The Morgan fingerprint density at radius 3 is 2.31 bits per heavy atom. The Hall–Kier alpha value is -3.01. The van der Waals surface area contributed by atoms with E-state index >= 15 is 0 Å². The van der Waals surface area contributed by atoms with E-state index in [0.717, 1.165) is 54.6 Å². The molecule has 1 saturated heterocycles. The molecule has 4 fully saturated rings. The number of nitrogens with zero attached hydrogens (tertiary/aromatic N) is 2. The van der Waals surface area contributed by atoms with Gasteiger partial charge in [0.1, 0.15) is 28.2 Å². The van der Waals surface area contributed by atoms with E-state index in [9.17, 15) is 0 Å². The van der Waals surface area contributed by atoms with Crippen molar-refractivity contribution in [2.45, 2.75) is 62.1 Å². The zero-order valence-corrected chi connectivity index (χ0v) is 18.1. The molecule has 4 nitrogen and oxygen atoms in total. The molecule has 3 heterocycles. The smallest absolute Gasteiger partial charge is 0.149 e. The van der Waals surface area contributed by atoms with Crippen LogP contribution in [0.2, 0.25) is 0 Å². The average Bonchev–Trinajstić information content (AvgIpc) is 3.69. The Morgan fingerprint density at radius 1 is 0.844 bits per heavy atom. The fourth-order valence-electron chi connectivity index (χ4n) is 6.34. The van der Waals surface area contributed by atoms with Crippen LogP contribution in [-0.2, 0) is 0 Å².